The van der Waals surface area contributed by atoms with E-state index in [0.717, 1.165) is 43.9 Å². The molecule has 1 amide bonds. The lowest BCUT2D eigenvalue weighted by atomic mass is 9.99. The first-order valence-electron chi connectivity index (χ1n) is 6.33. The van der Waals surface area contributed by atoms with E-state index in [1.165, 1.54) is 17.0 Å². The van der Waals surface area contributed by atoms with E-state index in [2.05, 4.69) is 15.6 Å². The summed E-state index contributed by atoms with van der Waals surface area (Å²) >= 11 is 1.65. The molecule has 2 aliphatic rings. The fourth-order valence-electron chi connectivity index (χ4n) is 2.53. The van der Waals surface area contributed by atoms with Gasteiger partial charge in [0.1, 0.15) is 0 Å². The molecule has 5 heteroatoms. The van der Waals surface area contributed by atoms with Crippen molar-refractivity contribution in [2.75, 3.05) is 18.4 Å². The molecule has 17 heavy (non-hydrogen) atoms. The monoisotopic (exact) mass is 251 g/mol. The zero-order chi connectivity index (χ0) is 11.7. The van der Waals surface area contributed by atoms with Crippen LogP contribution < -0.4 is 10.6 Å². The van der Waals surface area contributed by atoms with E-state index in [9.17, 15) is 4.79 Å². The molecule has 2 heterocycles. The average Bonchev–Trinajstić information content (AvgIpc) is 2.90. The van der Waals surface area contributed by atoms with Gasteiger partial charge in [0.2, 0.25) is 5.91 Å². The van der Waals surface area contributed by atoms with Gasteiger partial charge in [0.15, 0.2) is 5.13 Å². The number of hydrogen-bond donors (Lipinski definition) is 2. The summed E-state index contributed by atoms with van der Waals surface area (Å²) in [7, 11) is 0. The molecule has 0 bridgehead atoms. The van der Waals surface area contributed by atoms with Crippen LogP contribution in [-0.4, -0.2) is 24.0 Å². The Morgan fingerprint density at radius 2 is 2.35 bits per heavy atom. The Balaban J connectivity index is 1.63. The lowest BCUT2D eigenvalue weighted by Gasteiger charge is -2.21. The first kappa shape index (κ1) is 11.2. The summed E-state index contributed by atoms with van der Waals surface area (Å²) in [4.78, 5) is 17.9. The van der Waals surface area contributed by atoms with Crippen LogP contribution in [0.4, 0.5) is 5.13 Å². The van der Waals surface area contributed by atoms with Gasteiger partial charge in [-0.3, -0.25) is 4.79 Å². The van der Waals surface area contributed by atoms with Gasteiger partial charge < -0.3 is 10.6 Å². The van der Waals surface area contributed by atoms with Crippen molar-refractivity contribution in [2.45, 2.75) is 32.1 Å². The van der Waals surface area contributed by atoms with Crippen LogP contribution in [0.25, 0.3) is 0 Å². The smallest absolute Gasteiger partial charge is 0.230 e. The van der Waals surface area contributed by atoms with Gasteiger partial charge in [0.25, 0.3) is 0 Å². The molecule has 0 saturated carbocycles. The molecule has 0 unspecified atom stereocenters. The summed E-state index contributed by atoms with van der Waals surface area (Å²) in [6.45, 7) is 1.84. The minimum absolute atomic E-state index is 0.113. The van der Waals surface area contributed by atoms with Crippen LogP contribution in [0.5, 0.6) is 0 Å². The normalized spacial score (nSPS) is 23.4. The van der Waals surface area contributed by atoms with Gasteiger partial charge in [-0.25, -0.2) is 4.98 Å². The van der Waals surface area contributed by atoms with Crippen molar-refractivity contribution in [3.63, 3.8) is 0 Å². The Kier molecular flexibility index (Phi) is 3.11. The van der Waals surface area contributed by atoms with Gasteiger partial charge in [-0.1, -0.05) is 0 Å². The molecule has 1 atom stereocenters. The van der Waals surface area contributed by atoms with Crippen LogP contribution in [0.1, 0.15) is 29.8 Å². The summed E-state index contributed by atoms with van der Waals surface area (Å²) in [6, 6.07) is 0. The van der Waals surface area contributed by atoms with E-state index in [0.29, 0.717) is 0 Å². The molecule has 1 aliphatic carbocycles. The third-order valence-corrected chi connectivity index (χ3v) is 4.57. The maximum Gasteiger partial charge on any atom is 0.230 e. The van der Waals surface area contributed by atoms with Crippen LogP contribution in [0, 0.1) is 5.92 Å². The Morgan fingerprint density at radius 1 is 1.41 bits per heavy atom. The number of piperidine rings is 1. The molecule has 0 aromatic carbocycles. The van der Waals surface area contributed by atoms with Gasteiger partial charge in [0, 0.05) is 11.4 Å². The average molecular weight is 251 g/mol. The highest BCUT2D eigenvalue weighted by Gasteiger charge is 2.23. The number of fused-ring (bicyclic) bond motifs is 1. The molecule has 92 valence electrons. The number of carbonyl (C=O) groups is 1. The zero-order valence-corrected chi connectivity index (χ0v) is 10.6. The molecule has 1 aromatic heterocycles. The standard InChI is InChI=1S/C12H17N3OS/c16-11(8-3-2-6-13-7-8)15-12-14-9-4-1-5-10(9)17-12/h8,13H,1-7H2,(H,14,15,16)/t8-/m0/s1. The van der Waals surface area contributed by atoms with Gasteiger partial charge in [0.05, 0.1) is 11.6 Å². The Hall–Kier alpha value is -0.940. The van der Waals surface area contributed by atoms with E-state index >= 15 is 0 Å². The van der Waals surface area contributed by atoms with Gasteiger partial charge in [-0.05, 0) is 38.6 Å². The van der Waals surface area contributed by atoms with E-state index < -0.39 is 0 Å². The molecule has 4 nitrogen and oxygen atoms in total. The largest absolute Gasteiger partial charge is 0.316 e. The molecule has 3 rings (SSSR count). The highest BCUT2D eigenvalue weighted by atomic mass is 32.1. The maximum absolute atomic E-state index is 12.0. The number of aromatic nitrogens is 1. The number of amides is 1. The number of aryl methyl sites for hydroxylation is 2. The van der Waals surface area contributed by atoms with E-state index in [1.54, 1.807) is 11.3 Å². The highest BCUT2D eigenvalue weighted by Crippen LogP contribution is 2.30. The molecular formula is C12H17N3OS. The van der Waals surface area contributed by atoms with Crippen LogP contribution >= 0.6 is 11.3 Å². The fourth-order valence-corrected chi connectivity index (χ4v) is 3.58. The van der Waals surface area contributed by atoms with Crippen LogP contribution in [-0.2, 0) is 17.6 Å². The molecule has 1 saturated heterocycles. The van der Waals surface area contributed by atoms with E-state index in [4.69, 9.17) is 0 Å². The summed E-state index contributed by atoms with van der Waals surface area (Å²) in [5.74, 6) is 0.243. The number of nitrogens with one attached hydrogen (secondary N) is 2. The molecule has 1 aliphatic heterocycles. The number of rotatable bonds is 2. The van der Waals surface area contributed by atoms with E-state index in [-0.39, 0.29) is 11.8 Å². The Labute approximate surface area is 105 Å². The van der Waals surface area contributed by atoms with Crippen molar-refractivity contribution < 1.29 is 4.79 Å². The van der Waals surface area contributed by atoms with Crippen molar-refractivity contribution in [3.8, 4) is 0 Å². The third kappa shape index (κ3) is 2.35. The Bertz CT molecular complexity index is 402. The van der Waals surface area contributed by atoms with Gasteiger partial charge in [-0.15, -0.1) is 11.3 Å². The highest BCUT2D eigenvalue weighted by molar-refractivity contribution is 7.15. The number of hydrogen-bond acceptors (Lipinski definition) is 4. The van der Waals surface area contributed by atoms with Crippen LogP contribution in [0.3, 0.4) is 0 Å². The summed E-state index contributed by atoms with van der Waals surface area (Å²) < 4.78 is 0. The quantitative estimate of drug-likeness (QED) is 0.839. The Morgan fingerprint density at radius 3 is 3.12 bits per heavy atom. The molecule has 0 spiro atoms. The SMILES string of the molecule is O=C(Nc1nc2c(s1)CCC2)[C@H]1CCCNC1. The van der Waals surface area contributed by atoms with Gasteiger partial charge in [-0.2, -0.15) is 0 Å². The molecule has 0 radical (unpaired) electrons. The van der Waals surface area contributed by atoms with Crippen molar-refractivity contribution in [3.05, 3.63) is 10.6 Å². The topological polar surface area (TPSA) is 54.0 Å². The van der Waals surface area contributed by atoms with Crippen molar-refractivity contribution in [2.24, 2.45) is 5.92 Å². The number of anilines is 1. The minimum Gasteiger partial charge on any atom is -0.316 e. The number of thiazole rings is 1. The van der Waals surface area contributed by atoms with E-state index in [1.807, 2.05) is 0 Å². The molecule has 1 fully saturated rings. The predicted molar refractivity (Wildman–Crippen MR) is 68.4 cm³/mol. The minimum atomic E-state index is 0.113. The second-order valence-corrected chi connectivity index (χ2v) is 5.86. The lowest BCUT2D eigenvalue weighted by Crippen LogP contribution is -2.37. The molecular weight excluding hydrogens is 234 g/mol. The lowest BCUT2D eigenvalue weighted by molar-refractivity contribution is -0.120. The summed E-state index contributed by atoms with van der Waals surface area (Å²) in [5.41, 5.74) is 1.20. The first-order valence-corrected chi connectivity index (χ1v) is 7.15. The number of carbonyl (C=O) groups excluding carboxylic acids is 1. The van der Waals surface area contributed by atoms with Crippen molar-refractivity contribution in [1.29, 1.82) is 0 Å². The maximum atomic E-state index is 12.0. The predicted octanol–water partition coefficient (Wildman–Crippen LogP) is 1.57. The summed E-state index contributed by atoms with van der Waals surface area (Å²) in [6.07, 6.45) is 5.51. The second kappa shape index (κ2) is 4.74. The first-order chi connectivity index (χ1) is 8.33. The van der Waals surface area contributed by atoms with Crippen LogP contribution in [0.15, 0.2) is 0 Å². The van der Waals surface area contributed by atoms with Gasteiger partial charge >= 0.3 is 0 Å². The third-order valence-electron chi connectivity index (χ3n) is 3.49. The number of nitrogens with zero attached hydrogens (tertiary/aromatic N) is 1. The van der Waals surface area contributed by atoms with Crippen LogP contribution in [0.2, 0.25) is 0 Å². The fraction of sp³-hybridized carbons (Fsp3) is 0.667. The van der Waals surface area contributed by atoms with Crippen molar-refractivity contribution in [1.82, 2.24) is 10.3 Å². The molecule has 1 aromatic rings. The summed E-state index contributed by atoms with van der Waals surface area (Å²) in [5, 5.41) is 7.03. The molecule has 2 N–H and O–H groups in total. The van der Waals surface area contributed by atoms with Crippen molar-refractivity contribution >= 4 is 22.4 Å². The second-order valence-electron chi connectivity index (χ2n) is 4.77. The zero-order valence-electron chi connectivity index (χ0n) is 9.79.